The molecule has 0 fully saturated rings. The van der Waals surface area contributed by atoms with Crippen molar-refractivity contribution in [1.29, 1.82) is 0 Å². The summed E-state index contributed by atoms with van der Waals surface area (Å²) in [6.07, 6.45) is 0.736. The van der Waals surface area contributed by atoms with Crippen LogP contribution in [0.4, 0.5) is 0 Å². The summed E-state index contributed by atoms with van der Waals surface area (Å²) < 4.78 is 66.5. The number of nitrogens with one attached hydrogen (secondary N) is 1. The summed E-state index contributed by atoms with van der Waals surface area (Å²) in [4.78, 5) is 4.38. The summed E-state index contributed by atoms with van der Waals surface area (Å²) in [5.41, 5.74) is 2.35. The van der Waals surface area contributed by atoms with Gasteiger partial charge in [0.2, 0.25) is 0 Å². The number of hydrogen-bond donors (Lipinski definition) is 1. The van der Waals surface area contributed by atoms with Gasteiger partial charge in [-0.1, -0.05) is 35.4 Å². The summed E-state index contributed by atoms with van der Waals surface area (Å²) in [6, 6.07) is 15.7. The van der Waals surface area contributed by atoms with E-state index in [9.17, 15) is 16.8 Å². The molecule has 3 aromatic rings. The van der Waals surface area contributed by atoms with Crippen LogP contribution in [0.25, 0.3) is 0 Å². The van der Waals surface area contributed by atoms with E-state index < -0.39 is 20.2 Å². The molecule has 0 amide bonds. The van der Waals surface area contributed by atoms with Crippen LogP contribution in [-0.2, 0) is 41.8 Å². The van der Waals surface area contributed by atoms with E-state index in [1.54, 1.807) is 36.4 Å². The summed E-state index contributed by atoms with van der Waals surface area (Å²) in [5, 5.41) is 3.02. The highest BCUT2D eigenvalue weighted by Gasteiger charge is 2.18. The van der Waals surface area contributed by atoms with Crippen LogP contribution in [0.15, 0.2) is 70.5 Å². The predicted octanol–water partition coefficient (Wildman–Crippen LogP) is 3.50. The van der Waals surface area contributed by atoms with Crippen molar-refractivity contribution in [3.8, 4) is 5.75 Å². The fourth-order valence-corrected chi connectivity index (χ4v) is 4.87. The highest BCUT2D eigenvalue weighted by Crippen LogP contribution is 2.21. The van der Waals surface area contributed by atoms with Crippen LogP contribution in [0.3, 0.4) is 0 Å². The minimum absolute atomic E-state index is 0.0281. The predicted molar refractivity (Wildman–Crippen MR) is 135 cm³/mol. The van der Waals surface area contributed by atoms with E-state index in [1.165, 1.54) is 24.3 Å². The molecule has 0 spiro atoms. The number of hydrogen-bond acceptors (Lipinski definition) is 9. The molecule has 1 heterocycles. The number of rotatable bonds is 13. The van der Waals surface area contributed by atoms with E-state index >= 15 is 0 Å². The van der Waals surface area contributed by atoms with E-state index in [0.29, 0.717) is 12.4 Å². The zero-order chi connectivity index (χ0) is 26.2. The van der Waals surface area contributed by atoms with Crippen LogP contribution >= 0.6 is 0 Å². The summed E-state index contributed by atoms with van der Waals surface area (Å²) >= 11 is 0. The normalized spacial score (nSPS) is 12.0. The van der Waals surface area contributed by atoms with Gasteiger partial charge in [0.15, 0.2) is 0 Å². The molecular weight excluding hydrogens is 504 g/mol. The zero-order valence-electron chi connectivity index (χ0n) is 20.4. The van der Waals surface area contributed by atoms with Gasteiger partial charge in [-0.3, -0.25) is 13.4 Å². The maximum atomic E-state index is 12.6. The maximum absolute atomic E-state index is 12.6. The van der Waals surface area contributed by atoms with Crippen molar-refractivity contribution < 1.29 is 29.9 Å². The van der Waals surface area contributed by atoms with Gasteiger partial charge in [0, 0.05) is 12.1 Å². The first kappa shape index (κ1) is 27.8. The standard InChI is InChI=1S/C25H30N2O7S2/c1-19-5-9-24(10-6-19)35(28,29)33-17-21-15-23(32-14-4-13-26-3)16-22(27-21)18-34-36(30,31)25-11-7-20(2)8-12-25/h5-12,15-16,26H,4,13-14,17-18H2,1-3H3. The Balaban J connectivity index is 1.77. The first-order valence-electron chi connectivity index (χ1n) is 11.3. The van der Waals surface area contributed by atoms with E-state index in [1.807, 2.05) is 20.9 Å². The van der Waals surface area contributed by atoms with Gasteiger partial charge in [0.05, 0.1) is 27.8 Å². The number of benzene rings is 2. The van der Waals surface area contributed by atoms with Crippen molar-refractivity contribution in [2.75, 3.05) is 20.2 Å². The van der Waals surface area contributed by atoms with Crippen LogP contribution in [0.1, 0.15) is 28.9 Å². The first-order chi connectivity index (χ1) is 17.1. The average Bonchev–Trinajstić information content (AvgIpc) is 2.85. The molecule has 0 aliphatic heterocycles. The Morgan fingerprint density at radius 3 is 1.61 bits per heavy atom. The molecule has 0 radical (unpaired) electrons. The zero-order valence-corrected chi connectivity index (χ0v) is 22.1. The number of nitrogens with zero attached hydrogens (tertiary/aromatic N) is 1. The molecule has 3 rings (SSSR count). The molecule has 1 aromatic heterocycles. The van der Waals surface area contributed by atoms with E-state index in [2.05, 4.69) is 10.3 Å². The third kappa shape index (κ3) is 8.10. The second-order valence-corrected chi connectivity index (χ2v) is 11.4. The quantitative estimate of drug-likeness (QED) is 0.259. The lowest BCUT2D eigenvalue weighted by molar-refractivity contribution is 0.284. The van der Waals surface area contributed by atoms with Gasteiger partial charge in [0.25, 0.3) is 20.2 Å². The molecule has 0 atom stereocenters. The molecule has 0 saturated carbocycles. The lowest BCUT2D eigenvalue weighted by atomic mass is 10.2. The van der Waals surface area contributed by atoms with E-state index in [0.717, 1.165) is 24.1 Å². The van der Waals surface area contributed by atoms with Gasteiger partial charge in [-0.15, -0.1) is 0 Å². The largest absolute Gasteiger partial charge is 0.493 e. The Labute approximate surface area is 212 Å². The second-order valence-electron chi connectivity index (χ2n) is 8.15. The Kier molecular flexibility index (Phi) is 9.57. The summed E-state index contributed by atoms with van der Waals surface area (Å²) in [6.45, 7) is 4.14. The monoisotopic (exact) mass is 534 g/mol. The van der Waals surface area contributed by atoms with Crippen molar-refractivity contribution >= 4 is 20.2 Å². The number of ether oxygens (including phenoxy) is 1. The minimum atomic E-state index is -4.02. The van der Waals surface area contributed by atoms with Crippen molar-refractivity contribution in [3.63, 3.8) is 0 Å². The molecule has 0 aliphatic carbocycles. The molecule has 194 valence electrons. The molecule has 36 heavy (non-hydrogen) atoms. The Bertz CT molecular complexity index is 1260. The van der Waals surface area contributed by atoms with Gasteiger partial charge in [-0.25, -0.2) is 0 Å². The van der Waals surface area contributed by atoms with Crippen LogP contribution in [0.5, 0.6) is 5.75 Å². The van der Waals surface area contributed by atoms with Crippen LogP contribution in [0.2, 0.25) is 0 Å². The molecule has 0 aliphatic rings. The maximum Gasteiger partial charge on any atom is 0.297 e. The molecule has 11 heteroatoms. The van der Waals surface area contributed by atoms with Gasteiger partial charge < -0.3 is 10.1 Å². The molecule has 0 bridgehead atoms. The van der Waals surface area contributed by atoms with E-state index in [4.69, 9.17) is 13.1 Å². The molecule has 2 aromatic carbocycles. The lowest BCUT2D eigenvalue weighted by Crippen LogP contribution is -2.13. The van der Waals surface area contributed by atoms with Crippen molar-refractivity contribution in [2.45, 2.75) is 43.3 Å². The lowest BCUT2D eigenvalue weighted by Gasteiger charge is -2.12. The Hall–Kier alpha value is -2.83. The van der Waals surface area contributed by atoms with Crippen molar-refractivity contribution in [1.82, 2.24) is 10.3 Å². The average molecular weight is 535 g/mol. The van der Waals surface area contributed by atoms with Gasteiger partial charge in [0.1, 0.15) is 19.0 Å². The van der Waals surface area contributed by atoms with Gasteiger partial charge >= 0.3 is 0 Å². The summed E-state index contributed by atoms with van der Waals surface area (Å²) in [7, 11) is -6.20. The SMILES string of the molecule is CNCCCOc1cc(COS(=O)(=O)c2ccc(C)cc2)nc(COS(=O)(=O)c2ccc(C)cc2)c1. The fourth-order valence-electron chi connectivity index (χ4n) is 3.11. The molecule has 0 saturated heterocycles. The van der Waals surface area contributed by atoms with Crippen molar-refractivity contribution in [3.05, 3.63) is 83.2 Å². The van der Waals surface area contributed by atoms with Crippen LogP contribution in [0, 0.1) is 13.8 Å². The molecule has 0 unspecified atom stereocenters. The highest BCUT2D eigenvalue weighted by atomic mass is 32.2. The number of aryl methyl sites for hydroxylation is 2. The highest BCUT2D eigenvalue weighted by molar-refractivity contribution is 7.87. The Morgan fingerprint density at radius 2 is 1.19 bits per heavy atom. The van der Waals surface area contributed by atoms with Gasteiger partial charge in [-0.2, -0.15) is 16.8 Å². The number of aromatic nitrogens is 1. The number of pyridine rings is 1. The summed E-state index contributed by atoms with van der Waals surface area (Å²) in [5.74, 6) is 0.402. The van der Waals surface area contributed by atoms with Crippen LogP contribution < -0.4 is 10.1 Å². The molecule has 1 N–H and O–H groups in total. The fraction of sp³-hybridized carbons (Fsp3) is 0.320. The van der Waals surface area contributed by atoms with Crippen LogP contribution in [-0.4, -0.2) is 42.0 Å². The third-order valence-corrected chi connectivity index (χ3v) is 7.64. The topological polar surface area (TPSA) is 121 Å². The Morgan fingerprint density at radius 1 is 0.750 bits per heavy atom. The first-order valence-corrected chi connectivity index (χ1v) is 14.1. The van der Waals surface area contributed by atoms with Crippen molar-refractivity contribution in [2.24, 2.45) is 0 Å². The molecular formula is C25H30N2O7S2. The second kappa shape index (κ2) is 12.4. The molecule has 9 nitrogen and oxygen atoms in total. The minimum Gasteiger partial charge on any atom is -0.493 e. The smallest absolute Gasteiger partial charge is 0.297 e. The third-order valence-electron chi connectivity index (χ3n) is 5.09. The van der Waals surface area contributed by atoms with E-state index in [-0.39, 0.29) is 34.4 Å². The van der Waals surface area contributed by atoms with Gasteiger partial charge in [-0.05, 0) is 58.1 Å².